The summed E-state index contributed by atoms with van der Waals surface area (Å²) in [5, 5.41) is 31.5. The summed E-state index contributed by atoms with van der Waals surface area (Å²) >= 11 is 0. The van der Waals surface area contributed by atoms with Crippen molar-refractivity contribution in [3.8, 4) is 0 Å². The number of esters is 1. The van der Waals surface area contributed by atoms with Gasteiger partial charge in [-0.1, -0.05) is 24.3 Å². The van der Waals surface area contributed by atoms with Crippen molar-refractivity contribution < 1.29 is 33.9 Å². The Morgan fingerprint density at radius 3 is 2.36 bits per heavy atom. The average Bonchev–Trinajstić information content (AvgIpc) is 3.04. The molecule has 13 heteroatoms. The van der Waals surface area contributed by atoms with Crippen LogP contribution >= 0.6 is 0 Å². The highest BCUT2D eigenvalue weighted by Crippen LogP contribution is 2.31. The van der Waals surface area contributed by atoms with E-state index in [0.717, 1.165) is 22.1 Å². The molecule has 4 rings (SSSR count). The number of aryl methyl sites for hydroxylation is 2. The number of benzene rings is 3. The molecule has 2 unspecified atom stereocenters. The van der Waals surface area contributed by atoms with Crippen molar-refractivity contribution in [1.29, 1.82) is 0 Å². The maximum Gasteiger partial charge on any atom is 0.413 e. The normalized spacial score (nSPS) is 12.5. The van der Waals surface area contributed by atoms with Gasteiger partial charge in [-0.3, -0.25) is 25.0 Å². The molecule has 0 radical (unpaired) electrons. The van der Waals surface area contributed by atoms with Crippen molar-refractivity contribution in [1.82, 2.24) is 10.3 Å². The number of aromatic nitrogens is 1. The third-order valence-electron chi connectivity index (χ3n) is 7.85. The van der Waals surface area contributed by atoms with Crippen molar-refractivity contribution in [3.63, 3.8) is 0 Å². The summed E-state index contributed by atoms with van der Waals surface area (Å²) in [6, 6.07) is 14.7. The van der Waals surface area contributed by atoms with Crippen LogP contribution in [-0.4, -0.2) is 51.8 Å². The Morgan fingerprint density at radius 1 is 1.00 bits per heavy atom. The van der Waals surface area contributed by atoms with Gasteiger partial charge >= 0.3 is 12.1 Å². The molecule has 0 fully saturated rings. The van der Waals surface area contributed by atoms with Crippen LogP contribution in [0, 0.1) is 24.0 Å². The number of nitrogens with zero attached hydrogens (tertiary/aromatic N) is 2. The van der Waals surface area contributed by atoms with Crippen LogP contribution in [0.25, 0.3) is 10.8 Å². The van der Waals surface area contributed by atoms with E-state index < -0.39 is 40.6 Å². The number of carbonyl (C=O) groups excluding carboxylic acids is 3. The topological polar surface area (TPSA) is 182 Å². The maximum absolute atomic E-state index is 14.3. The Labute approximate surface area is 290 Å². The lowest BCUT2D eigenvalue weighted by atomic mass is 9.93. The van der Waals surface area contributed by atoms with Gasteiger partial charge in [0.1, 0.15) is 17.5 Å². The lowest BCUT2D eigenvalue weighted by Crippen LogP contribution is -2.37. The molecule has 50 heavy (non-hydrogen) atoms. The minimum atomic E-state index is -0.988. The van der Waals surface area contributed by atoms with E-state index in [9.17, 15) is 29.6 Å². The first kappa shape index (κ1) is 37.3. The molecule has 13 nitrogen and oxygen atoms in total. The number of carbonyl (C=O) groups is 3. The Balaban J connectivity index is 1.73. The van der Waals surface area contributed by atoms with Crippen molar-refractivity contribution in [2.24, 2.45) is 0 Å². The quantitative estimate of drug-likeness (QED) is 0.0679. The van der Waals surface area contributed by atoms with E-state index in [1.54, 1.807) is 58.2 Å². The van der Waals surface area contributed by atoms with Crippen molar-refractivity contribution in [3.05, 3.63) is 105 Å². The number of aliphatic hydroxyl groups is 1. The molecule has 0 saturated heterocycles. The highest BCUT2D eigenvalue weighted by atomic mass is 16.6. The first-order valence-electron chi connectivity index (χ1n) is 16.3. The van der Waals surface area contributed by atoms with Crippen LogP contribution in [0.15, 0.2) is 66.9 Å². The summed E-state index contributed by atoms with van der Waals surface area (Å²) in [6.07, 6.45) is 1.11. The molecule has 3 aromatic carbocycles. The smallest absolute Gasteiger partial charge is 0.413 e. The Morgan fingerprint density at radius 2 is 1.72 bits per heavy atom. The zero-order valence-electron chi connectivity index (χ0n) is 29.0. The first-order chi connectivity index (χ1) is 23.7. The Hall–Kier alpha value is -5.56. The first-order valence-corrected chi connectivity index (χ1v) is 16.3. The molecule has 0 aliphatic rings. The molecular formula is C37H43N5O8. The summed E-state index contributed by atoms with van der Waals surface area (Å²) in [5.74, 6) is -0.767. The largest absolute Gasteiger partial charge is 0.466 e. The van der Waals surface area contributed by atoms with Gasteiger partial charge < -0.3 is 25.2 Å². The van der Waals surface area contributed by atoms with Crippen LogP contribution in [0.2, 0.25) is 0 Å². The highest BCUT2D eigenvalue weighted by Gasteiger charge is 2.28. The second kappa shape index (κ2) is 16.2. The van der Waals surface area contributed by atoms with Gasteiger partial charge in [-0.15, -0.1) is 0 Å². The number of ether oxygens (including phenoxy) is 2. The van der Waals surface area contributed by atoms with E-state index in [4.69, 9.17) is 9.47 Å². The van der Waals surface area contributed by atoms with Gasteiger partial charge in [0.15, 0.2) is 0 Å². The zero-order chi connectivity index (χ0) is 36.6. The number of amides is 2. The maximum atomic E-state index is 14.3. The summed E-state index contributed by atoms with van der Waals surface area (Å²) in [7, 11) is 0. The number of aliphatic hydroxyl groups excluding tert-OH is 1. The molecule has 264 valence electrons. The number of hydrogen-bond donors (Lipinski definition) is 4. The van der Waals surface area contributed by atoms with Crippen molar-refractivity contribution >= 4 is 45.9 Å². The fourth-order valence-electron chi connectivity index (χ4n) is 5.68. The van der Waals surface area contributed by atoms with Gasteiger partial charge in [-0.05, 0) is 105 Å². The molecule has 2 atom stereocenters. The summed E-state index contributed by atoms with van der Waals surface area (Å²) < 4.78 is 10.5. The van der Waals surface area contributed by atoms with Crippen LogP contribution in [0.3, 0.4) is 0 Å². The highest BCUT2D eigenvalue weighted by molar-refractivity contribution is 5.99. The minimum absolute atomic E-state index is 0.0291. The number of non-ortho nitro benzene ring substituents is 1. The number of nitro groups is 1. The lowest BCUT2D eigenvalue weighted by molar-refractivity contribution is -0.384. The van der Waals surface area contributed by atoms with Crippen LogP contribution in [0.1, 0.15) is 74.0 Å². The lowest BCUT2D eigenvalue weighted by Gasteiger charge is -2.26. The van der Waals surface area contributed by atoms with Crippen LogP contribution in [0.5, 0.6) is 0 Å². The number of anilines is 2. The van der Waals surface area contributed by atoms with E-state index >= 15 is 0 Å². The molecule has 1 heterocycles. The molecule has 1 aromatic heterocycles. The second-order valence-corrected chi connectivity index (χ2v) is 12.8. The fourth-order valence-corrected chi connectivity index (χ4v) is 5.68. The third-order valence-corrected chi connectivity index (χ3v) is 7.85. The molecule has 2 amide bonds. The van der Waals surface area contributed by atoms with Gasteiger partial charge in [0.05, 0.1) is 24.0 Å². The van der Waals surface area contributed by atoms with E-state index in [2.05, 4.69) is 20.9 Å². The van der Waals surface area contributed by atoms with E-state index in [0.29, 0.717) is 34.4 Å². The predicted molar refractivity (Wildman–Crippen MR) is 190 cm³/mol. The molecular weight excluding hydrogens is 642 g/mol. The fraction of sp³-hybridized carbons (Fsp3) is 0.351. The summed E-state index contributed by atoms with van der Waals surface area (Å²) in [5.41, 5.74) is 3.42. The molecule has 0 saturated carbocycles. The average molecular weight is 686 g/mol. The van der Waals surface area contributed by atoms with Gasteiger partial charge in [0.2, 0.25) is 5.91 Å². The molecule has 4 aromatic rings. The monoisotopic (exact) mass is 685 g/mol. The zero-order valence-corrected chi connectivity index (χ0v) is 29.0. The van der Waals surface area contributed by atoms with Gasteiger partial charge in [-0.25, -0.2) is 9.78 Å². The number of nitro benzene ring substituents is 1. The SMILES string of the molecule is CCOC(=O)CC(NC(=O)C(Nc1ccc2c(NC(=O)OC(C)(C)C)nccc2c1)c1cc(C)c(CCO)c(C)c1)c1cccc([N+](=O)[O-])c1. The molecule has 0 aliphatic carbocycles. The molecule has 0 aliphatic heterocycles. The minimum Gasteiger partial charge on any atom is -0.466 e. The molecule has 0 bridgehead atoms. The molecule has 4 N–H and O–H groups in total. The van der Waals surface area contributed by atoms with E-state index in [1.165, 1.54) is 18.2 Å². The number of fused-ring (bicyclic) bond motifs is 1. The van der Waals surface area contributed by atoms with E-state index in [1.807, 2.05) is 32.0 Å². The van der Waals surface area contributed by atoms with E-state index in [-0.39, 0.29) is 25.3 Å². The summed E-state index contributed by atoms with van der Waals surface area (Å²) in [6.45, 7) is 10.9. The number of pyridine rings is 1. The Bertz CT molecular complexity index is 1860. The number of nitrogens with one attached hydrogen (secondary N) is 3. The number of hydrogen-bond acceptors (Lipinski definition) is 10. The van der Waals surface area contributed by atoms with Gasteiger partial charge in [0.25, 0.3) is 5.69 Å². The Kier molecular flexibility index (Phi) is 12.1. The van der Waals surface area contributed by atoms with Crippen molar-refractivity contribution in [2.75, 3.05) is 23.8 Å². The van der Waals surface area contributed by atoms with Crippen LogP contribution in [-0.2, 0) is 25.5 Å². The predicted octanol–water partition coefficient (Wildman–Crippen LogP) is 6.61. The van der Waals surface area contributed by atoms with Gasteiger partial charge in [-0.2, -0.15) is 0 Å². The number of rotatable bonds is 13. The molecule has 0 spiro atoms. The van der Waals surface area contributed by atoms with Gasteiger partial charge in [0, 0.05) is 36.0 Å². The third kappa shape index (κ3) is 9.75. The van der Waals surface area contributed by atoms with Crippen LogP contribution < -0.4 is 16.0 Å². The second-order valence-electron chi connectivity index (χ2n) is 12.8. The summed E-state index contributed by atoms with van der Waals surface area (Å²) in [4.78, 5) is 54.7. The van der Waals surface area contributed by atoms with Crippen molar-refractivity contribution in [2.45, 2.75) is 72.1 Å². The standard InChI is InChI=1S/C37H43N5O8/c1-7-49-32(44)21-31(25-9-8-10-28(20-25)42(47)48)40-35(45)33(26-17-22(2)29(14-16-43)23(3)18-26)39-27-11-12-30-24(19-27)13-15-38-34(30)41-36(46)50-37(4,5)6/h8-13,15,17-20,31,33,39,43H,7,14,16,21H2,1-6H3,(H,40,45)(H,38,41,46). The van der Waals surface area contributed by atoms with Crippen LogP contribution in [0.4, 0.5) is 22.0 Å².